The zero-order chi connectivity index (χ0) is 9.12. The van der Waals surface area contributed by atoms with Gasteiger partial charge in [0.25, 0.3) is 10.1 Å². The second-order valence-corrected chi connectivity index (χ2v) is 4.31. The van der Waals surface area contributed by atoms with Crippen molar-refractivity contribution < 1.29 is 23.2 Å². The van der Waals surface area contributed by atoms with Crippen molar-refractivity contribution in [2.75, 3.05) is 6.61 Å². The summed E-state index contributed by atoms with van der Waals surface area (Å²) in [4.78, 5) is -2.14. The Bertz CT molecular complexity index is 205. The van der Waals surface area contributed by atoms with E-state index in [1.807, 2.05) is 0 Å². The van der Waals surface area contributed by atoms with Gasteiger partial charge in [-0.05, 0) is 19.8 Å². The zero-order valence-electron chi connectivity index (χ0n) is 6.19. The highest BCUT2D eigenvalue weighted by Gasteiger charge is 2.34. The summed E-state index contributed by atoms with van der Waals surface area (Å²) in [7, 11) is -4.43. The Morgan fingerprint density at radius 2 is 1.91 bits per heavy atom. The Labute approximate surface area is 65.4 Å². The van der Waals surface area contributed by atoms with Gasteiger partial charge < -0.3 is 10.2 Å². The van der Waals surface area contributed by atoms with E-state index in [2.05, 4.69) is 0 Å². The van der Waals surface area contributed by atoms with Gasteiger partial charge in [0.2, 0.25) is 0 Å². The maximum Gasteiger partial charge on any atom is 0.294 e. The third-order valence-corrected chi connectivity index (χ3v) is 2.67. The van der Waals surface area contributed by atoms with Crippen LogP contribution < -0.4 is 0 Å². The molecule has 5 nitrogen and oxygen atoms in total. The first-order valence-electron chi connectivity index (χ1n) is 3.11. The average Bonchev–Trinajstić information content (AvgIpc) is 1.81. The van der Waals surface area contributed by atoms with Gasteiger partial charge in [-0.25, -0.2) is 0 Å². The van der Waals surface area contributed by atoms with Crippen molar-refractivity contribution in [3.63, 3.8) is 0 Å². The lowest BCUT2D eigenvalue weighted by atomic mass is 10.2. The van der Waals surface area contributed by atoms with E-state index in [1.54, 1.807) is 0 Å². The smallest absolute Gasteiger partial charge is 0.294 e. The van der Waals surface area contributed by atoms with E-state index in [9.17, 15) is 8.42 Å². The monoisotopic (exact) mass is 184 g/mol. The predicted molar refractivity (Wildman–Crippen MR) is 38.5 cm³/mol. The molecule has 6 heteroatoms. The van der Waals surface area contributed by atoms with Gasteiger partial charge in [0.15, 0.2) is 4.93 Å². The fourth-order valence-corrected chi connectivity index (χ4v) is 0.938. The molecule has 0 saturated heterocycles. The summed E-state index contributed by atoms with van der Waals surface area (Å²) in [6, 6.07) is 0. The van der Waals surface area contributed by atoms with Gasteiger partial charge in [-0.3, -0.25) is 4.55 Å². The molecule has 0 spiro atoms. The molecular weight excluding hydrogens is 172 g/mol. The molecule has 0 aliphatic carbocycles. The van der Waals surface area contributed by atoms with Crippen LogP contribution >= 0.6 is 0 Å². The van der Waals surface area contributed by atoms with Gasteiger partial charge in [-0.2, -0.15) is 8.42 Å². The quantitative estimate of drug-likeness (QED) is 0.505. The van der Waals surface area contributed by atoms with Crippen LogP contribution in [0.25, 0.3) is 0 Å². The molecule has 68 valence electrons. The molecule has 0 heterocycles. The fraction of sp³-hybridized carbons (Fsp3) is 1.00. The van der Waals surface area contributed by atoms with Crippen LogP contribution in [0.2, 0.25) is 0 Å². The summed E-state index contributed by atoms with van der Waals surface area (Å²) < 4.78 is 29.2. The number of rotatable bonds is 4. The van der Waals surface area contributed by atoms with Gasteiger partial charge in [-0.15, -0.1) is 0 Å². The lowest BCUT2D eigenvalue weighted by molar-refractivity contribution is 0.112. The molecule has 0 saturated carbocycles. The van der Waals surface area contributed by atoms with Crippen LogP contribution in [0.1, 0.15) is 19.8 Å². The summed E-state index contributed by atoms with van der Waals surface area (Å²) in [6.45, 7) is 0.768. The van der Waals surface area contributed by atoms with Crippen LogP contribution in [0.4, 0.5) is 0 Å². The molecule has 0 bridgehead atoms. The molecule has 0 fully saturated rings. The van der Waals surface area contributed by atoms with Gasteiger partial charge in [-0.1, -0.05) is 0 Å². The maximum atomic E-state index is 10.4. The number of aliphatic hydroxyl groups is 2. The Morgan fingerprint density at radius 3 is 2.18 bits per heavy atom. The SMILES string of the molecule is CC(O)(CCCO)S(=O)(=O)O. The predicted octanol–water partition coefficient (Wildman–Crippen LogP) is -0.645. The van der Waals surface area contributed by atoms with Gasteiger partial charge in [0.05, 0.1) is 0 Å². The van der Waals surface area contributed by atoms with Crippen LogP contribution in [0, 0.1) is 0 Å². The molecule has 3 N–H and O–H groups in total. The summed E-state index contributed by atoms with van der Waals surface area (Å²) >= 11 is 0. The molecule has 1 atom stereocenters. The summed E-state index contributed by atoms with van der Waals surface area (Å²) in [5.74, 6) is 0. The van der Waals surface area contributed by atoms with Gasteiger partial charge in [0, 0.05) is 6.61 Å². The minimum absolute atomic E-state index is 0.132. The summed E-state index contributed by atoms with van der Waals surface area (Å²) in [5, 5.41) is 17.3. The second kappa shape index (κ2) is 3.48. The second-order valence-electron chi connectivity index (χ2n) is 2.48. The average molecular weight is 184 g/mol. The Balaban J connectivity index is 4.24. The van der Waals surface area contributed by atoms with Crippen molar-refractivity contribution >= 4 is 10.1 Å². The molecule has 11 heavy (non-hydrogen) atoms. The van der Waals surface area contributed by atoms with Crippen molar-refractivity contribution in [1.82, 2.24) is 0 Å². The minimum Gasteiger partial charge on any atom is -0.396 e. The molecule has 0 aliphatic heterocycles. The molecule has 1 unspecified atom stereocenters. The van der Waals surface area contributed by atoms with Crippen LogP contribution in [0.15, 0.2) is 0 Å². The summed E-state index contributed by atoms with van der Waals surface area (Å²) in [6.07, 6.45) is -0.0465. The minimum atomic E-state index is -4.43. The van der Waals surface area contributed by atoms with Crippen LogP contribution in [-0.4, -0.2) is 34.7 Å². The van der Waals surface area contributed by atoms with Crippen molar-refractivity contribution in [2.24, 2.45) is 0 Å². The molecule has 0 aromatic heterocycles. The van der Waals surface area contributed by atoms with Crippen molar-refractivity contribution in [2.45, 2.75) is 24.7 Å². The molecule has 0 aromatic carbocycles. The van der Waals surface area contributed by atoms with Crippen molar-refractivity contribution in [3.05, 3.63) is 0 Å². The van der Waals surface area contributed by atoms with E-state index in [4.69, 9.17) is 14.8 Å². The highest BCUT2D eigenvalue weighted by molar-refractivity contribution is 7.87. The van der Waals surface area contributed by atoms with E-state index in [1.165, 1.54) is 0 Å². The van der Waals surface area contributed by atoms with Crippen molar-refractivity contribution in [3.8, 4) is 0 Å². The standard InChI is InChI=1S/C5H12O5S/c1-5(7,3-2-4-6)11(8,9)10/h6-7H,2-4H2,1H3,(H,8,9,10). The molecule has 0 amide bonds. The van der Waals surface area contributed by atoms with E-state index in [-0.39, 0.29) is 19.4 Å². The maximum absolute atomic E-state index is 10.4. The molecule has 0 rings (SSSR count). The van der Waals surface area contributed by atoms with E-state index >= 15 is 0 Å². The van der Waals surface area contributed by atoms with Gasteiger partial charge in [0.1, 0.15) is 0 Å². The molecule has 0 aromatic rings. The number of hydrogen-bond donors (Lipinski definition) is 3. The Morgan fingerprint density at radius 1 is 1.45 bits per heavy atom. The molecule has 0 aliphatic rings. The fourth-order valence-electron chi connectivity index (χ4n) is 0.536. The lowest BCUT2D eigenvalue weighted by Gasteiger charge is -2.18. The lowest BCUT2D eigenvalue weighted by Crippen LogP contribution is -2.34. The third-order valence-electron chi connectivity index (χ3n) is 1.35. The largest absolute Gasteiger partial charge is 0.396 e. The first-order chi connectivity index (χ1) is 4.81. The van der Waals surface area contributed by atoms with Crippen LogP contribution in [0.3, 0.4) is 0 Å². The highest BCUT2D eigenvalue weighted by atomic mass is 32.2. The van der Waals surface area contributed by atoms with Crippen LogP contribution in [0.5, 0.6) is 0 Å². The number of aliphatic hydroxyl groups excluding tert-OH is 1. The van der Waals surface area contributed by atoms with Gasteiger partial charge >= 0.3 is 0 Å². The topological polar surface area (TPSA) is 94.8 Å². The van der Waals surface area contributed by atoms with Crippen molar-refractivity contribution in [1.29, 1.82) is 0 Å². The van der Waals surface area contributed by atoms with Crippen LogP contribution in [-0.2, 0) is 10.1 Å². The number of hydrogen-bond acceptors (Lipinski definition) is 4. The normalized spacial score (nSPS) is 17.8. The Kier molecular flexibility index (Phi) is 3.43. The first-order valence-corrected chi connectivity index (χ1v) is 4.55. The van der Waals surface area contributed by atoms with E-state index < -0.39 is 15.1 Å². The summed E-state index contributed by atoms with van der Waals surface area (Å²) in [5.41, 5.74) is 0. The van der Waals surface area contributed by atoms with E-state index in [0.29, 0.717) is 0 Å². The van der Waals surface area contributed by atoms with E-state index in [0.717, 1.165) is 6.92 Å². The first kappa shape index (κ1) is 10.8. The zero-order valence-corrected chi connectivity index (χ0v) is 7.00. The molecule has 0 radical (unpaired) electrons. The Hall–Kier alpha value is -0.170. The third kappa shape index (κ3) is 3.15. The molecular formula is C5H12O5S. The highest BCUT2D eigenvalue weighted by Crippen LogP contribution is 2.17.